The number of nitrogens with zero attached hydrogens (tertiary/aromatic N) is 1. The molecule has 1 aromatic rings. The normalized spacial score (nSPS) is 22.1. The van der Waals surface area contributed by atoms with Crippen LogP contribution < -0.4 is 10.6 Å². The maximum Gasteiger partial charge on any atom is 0.254 e. The summed E-state index contributed by atoms with van der Waals surface area (Å²) in [6.45, 7) is 4.36. The van der Waals surface area contributed by atoms with Crippen LogP contribution in [-0.4, -0.2) is 24.0 Å². The van der Waals surface area contributed by atoms with Gasteiger partial charge in [-0.1, -0.05) is 26.7 Å². The Morgan fingerprint density at radius 3 is 2.76 bits per heavy atom. The number of anilines is 1. The standard InChI is InChI=1S/C16H24FN3O/c1-10(2)11-6-4-5-7-13(11)20-16(21)12-8-9-19-15(18-3)14(12)17/h8-11,13H,4-7H2,1-3H3,(H,18,19)(H,20,21). The Bertz CT molecular complexity index is 504. The van der Waals surface area contributed by atoms with Gasteiger partial charge in [-0.2, -0.15) is 0 Å². The Kier molecular flexibility index (Phi) is 5.15. The van der Waals surface area contributed by atoms with Crippen LogP contribution in [0, 0.1) is 17.7 Å². The van der Waals surface area contributed by atoms with Crippen LogP contribution in [0.4, 0.5) is 10.2 Å². The second kappa shape index (κ2) is 6.87. The minimum atomic E-state index is -0.589. The van der Waals surface area contributed by atoms with Crippen LogP contribution >= 0.6 is 0 Å². The molecule has 1 saturated carbocycles. The number of pyridine rings is 1. The predicted molar refractivity (Wildman–Crippen MR) is 81.8 cm³/mol. The fourth-order valence-electron chi connectivity index (χ4n) is 3.18. The third kappa shape index (κ3) is 3.52. The molecule has 0 bridgehead atoms. The van der Waals surface area contributed by atoms with E-state index in [4.69, 9.17) is 0 Å². The van der Waals surface area contributed by atoms with Gasteiger partial charge in [0.05, 0.1) is 5.56 Å². The SMILES string of the molecule is CNc1nccc(C(=O)NC2CCCCC2C(C)C)c1F. The Morgan fingerprint density at radius 2 is 2.10 bits per heavy atom. The molecule has 0 aliphatic heterocycles. The van der Waals surface area contributed by atoms with Gasteiger partial charge in [0.15, 0.2) is 11.6 Å². The van der Waals surface area contributed by atoms with Crippen molar-refractivity contribution >= 4 is 11.7 Å². The number of amides is 1. The molecular weight excluding hydrogens is 269 g/mol. The molecule has 0 saturated heterocycles. The van der Waals surface area contributed by atoms with Crippen LogP contribution in [0.2, 0.25) is 0 Å². The van der Waals surface area contributed by atoms with Gasteiger partial charge in [-0.15, -0.1) is 0 Å². The van der Waals surface area contributed by atoms with Crippen LogP contribution in [-0.2, 0) is 0 Å². The van der Waals surface area contributed by atoms with Crippen LogP contribution in [0.1, 0.15) is 49.9 Å². The first-order valence-electron chi connectivity index (χ1n) is 7.67. The molecule has 2 unspecified atom stereocenters. The van der Waals surface area contributed by atoms with E-state index in [0.29, 0.717) is 11.8 Å². The molecule has 5 heteroatoms. The van der Waals surface area contributed by atoms with E-state index in [9.17, 15) is 9.18 Å². The van der Waals surface area contributed by atoms with E-state index in [1.165, 1.54) is 18.7 Å². The van der Waals surface area contributed by atoms with Crippen molar-refractivity contribution in [3.63, 3.8) is 0 Å². The van der Waals surface area contributed by atoms with Crippen LogP contribution in [0.25, 0.3) is 0 Å². The van der Waals surface area contributed by atoms with Gasteiger partial charge >= 0.3 is 0 Å². The third-order valence-electron chi connectivity index (χ3n) is 4.36. The summed E-state index contributed by atoms with van der Waals surface area (Å²) >= 11 is 0. The topological polar surface area (TPSA) is 54.0 Å². The van der Waals surface area contributed by atoms with Gasteiger partial charge < -0.3 is 10.6 Å². The zero-order valence-corrected chi connectivity index (χ0v) is 12.9. The lowest BCUT2D eigenvalue weighted by atomic mass is 9.78. The Morgan fingerprint density at radius 1 is 1.38 bits per heavy atom. The van der Waals surface area contributed by atoms with Gasteiger partial charge in [0.2, 0.25) is 0 Å². The molecule has 1 heterocycles. The summed E-state index contributed by atoms with van der Waals surface area (Å²) < 4.78 is 14.1. The first-order chi connectivity index (χ1) is 10.0. The van der Waals surface area contributed by atoms with Crippen molar-refractivity contribution in [1.29, 1.82) is 0 Å². The minimum Gasteiger partial charge on any atom is -0.371 e. The highest BCUT2D eigenvalue weighted by atomic mass is 19.1. The molecule has 1 aliphatic rings. The summed E-state index contributed by atoms with van der Waals surface area (Å²) in [5.41, 5.74) is 0.0578. The van der Waals surface area contributed by atoms with Gasteiger partial charge in [-0.05, 0) is 30.7 Å². The first-order valence-corrected chi connectivity index (χ1v) is 7.67. The van der Waals surface area contributed by atoms with Crippen molar-refractivity contribution in [2.75, 3.05) is 12.4 Å². The fourth-order valence-corrected chi connectivity index (χ4v) is 3.18. The van der Waals surface area contributed by atoms with Crippen LogP contribution in [0.5, 0.6) is 0 Å². The molecule has 2 rings (SSSR count). The summed E-state index contributed by atoms with van der Waals surface area (Å²) in [7, 11) is 1.59. The number of hydrogen-bond donors (Lipinski definition) is 2. The molecule has 0 aromatic carbocycles. The molecule has 1 aliphatic carbocycles. The largest absolute Gasteiger partial charge is 0.371 e. The van der Waals surface area contributed by atoms with Crippen molar-refractivity contribution in [1.82, 2.24) is 10.3 Å². The van der Waals surface area contributed by atoms with E-state index in [-0.39, 0.29) is 23.3 Å². The van der Waals surface area contributed by atoms with Crippen molar-refractivity contribution in [2.45, 2.75) is 45.6 Å². The van der Waals surface area contributed by atoms with Crippen LogP contribution in [0.3, 0.4) is 0 Å². The van der Waals surface area contributed by atoms with E-state index >= 15 is 0 Å². The van der Waals surface area contributed by atoms with Gasteiger partial charge in [0, 0.05) is 19.3 Å². The average Bonchev–Trinajstić information content (AvgIpc) is 2.47. The number of nitrogens with one attached hydrogen (secondary N) is 2. The molecule has 0 spiro atoms. The molecule has 2 atom stereocenters. The molecule has 1 aromatic heterocycles. The molecular formula is C16H24FN3O. The summed E-state index contributed by atoms with van der Waals surface area (Å²) in [5, 5.41) is 5.68. The van der Waals surface area contributed by atoms with Gasteiger partial charge in [-0.3, -0.25) is 4.79 Å². The van der Waals surface area contributed by atoms with Crippen molar-refractivity contribution in [3.05, 3.63) is 23.6 Å². The number of carbonyl (C=O) groups is 1. The minimum absolute atomic E-state index is 0.0578. The molecule has 21 heavy (non-hydrogen) atoms. The lowest BCUT2D eigenvalue weighted by Crippen LogP contribution is -2.44. The third-order valence-corrected chi connectivity index (χ3v) is 4.36. The van der Waals surface area contributed by atoms with E-state index in [1.807, 2.05) is 0 Å². The highest BCUT2D eigenvalue weighted by Crippen LogP contribution is 2.30. The summed E-state index contributed by atoms with van der Waals surface area (Å²) in [4.78, 5) is 16.2. The monoisotopic (exact) mass is 293 g/mol. The number of rotatable bonds is 4. The van der Waals surface area contributed by atoms with E-state index in [2.05, 4.69) is 29.5 Å². The van der Waals surface area contributed by atoms with Crippen molar-refractivity contribution in [3.8, 4) is 0 Å². The van der Waals surface area contributed by atoms with Gasteiger partial charge in [0.25, 0.3) is 5.91 Å². The molecule has 116 valence electrons. The summed E-state index contributed by atoms with van der Waals surface area (Å²) in [6, 6.07) is 1.57. The van der Waals surface area contributed by atoms with Gasteiger partial charge in [-0.25, -0.2) is 9.37 Å². The number of aromatic nitrogens is 1. The Hall–Kier alpha value is -1.65. The lowest BCUT2D eigenvalue weighted by molar-refractivity contribution is 0.0885. The number of carbonyl (C=O) groups excluding carboxylic acids is 1. The number of halogens is 1. The first kappa shape index (κ1) is 15.7. The van der Waals surface area contributed by atoms with E-state index in [0.717, 1.165) is 19.3 Å². The van der Waals surface area contributed by atoms with Gasteiger partial charge in [0.1, 0.15) is 0 Å². The van der Waals surface area contributed by atoms with E-state index < -0.39 is 5.82 Å². The molecule has 1 amide bonds. The van der Waals surface area contributed by atoms with Crippen molar-refractivity contribution in [2.24, 2.45) is 11.8 Å². The quantitative estimate of drug-likeness (QED) is 0.896. The predicted octanol–water partition coefficient (Wildman–Crippen LogP) is 3.21. The summed E-state index contributed by atoms with van der Waals surface area (Å²) in [6.07, 6.45) is 5.88. The fraction of sp³-hybridized carbons (Fsp3) is 0.625. The molecule has 2 N–H and O–H groups in total. The second-order valence-corrected chi connectivity index (χ2v) is 6.04. The molecule has 4 nitrogen and oxygen atoms in total. The molecule has 1 fully saturated rings. The summed E-state index contributed by atoms with van der Waals surface area (Å²) in [5.74, 6) is 0.159. The highest BCUT2D eigenvalue weighted by Gasteiger charge is 2.29. The zero-order chi connectivity index (χ0) is 15.4. The highest BCUT2D eigenvalue weighted by molar-refractivity contribution is 5.95. The lowest BCUT2D eigenvalue weighted by Gasteiger charge is -2.34. The Labute approximate surface area is 125 Å². The molecule has 0 radical (unpaired) electrons. The second-order valence-electron chi connectivity index (χ2n) is 6.04. The smallest absolute Gasteiger partial charge is 0.254 e. The maximum absolute atomic E-state index is 14.1. The van der Waals surface area contributed by atoms with Crippen LogP contribution in [0.15, 0.2) is 12.3 Å². The Balaban J connectivity index is 2.13. The average molecular weight is 293 g/mol. The van der Waals surface area contributed by atoms with Crippen molar-refractivity contribution < 1.29 is 9.18 Å². The maximum atomic E-state index is 14.1. The number of hydrogen-bond acceptors (Lipinski definition) is 3. The zero-order valence-electron chi connectivity index (χ0n) is 12.9. The van der Waals surface area contributed by atoms with E-state index in [1.54, 1.807) is 7.05 Å².